The summed E-state index contributed by atoms with van der Waals surface area (Å²) in [5.41, 5.74) is 1.31. The Balaban J connectivity index is 1.86. The van der Waals surface area contributed by atoms with E-state index in [0.29, 0.717) is 0 Å². The number of aryl methyl sites for hydroxylation is 1. The third-order valence-corrected chi connectivity index (χ3v) is 3.19. The van der Waals surface area contributed by atoms with Crippen LogP contribution in [-0.4, -0.2) is 22.9 Å². The van der Waals surface area contributed by atoms with E-state index in [9.17, 15) is 0 Å². The van der Waals surface area contributed by atoms with Crippen molar-refractivity contribution in [2.24, 2.45) is 7.05 Å². The molecule has 0 fully saturated rings. The number of unbranched alkanes of at least 4 members (excludes halogenated alkanes) is 5. The first-order valence-electron chi connectivity index (χ1n) is 7.02. The minimum Gasteiger partial charge on any atom is -0.316 e. The largest absolute Gasteiger partial charge is 0.316 e. The molecule has 0 atom stereocenters. The van der Waals surface area contributed by atoms with Crippen LogP contribution in [0.5, 0.6) is 0 Å². The normalized spacial score (nSPS) is 10.9. The molecule has 1 rings (SSSR count). The van der Waals surface area contributed by atoms with E-state index in [2.05, 4.69) is 23.4 Å². The van der Waals surface area contributed by atoms with Gasteiger partial charge >= 0.3 is 0 Å². The topological polar surface area (TPSA) is 29.9 Å². The van der Waals surface area contributed by atoms with E-state index in [1.54, 1.807) is 0 Å². The first-order valence-corrected chi connectivity index (χ1v) is 7.02. The zero-order valence-electron chi connectivity index (χ0n) is 11.4. The van der Waals surface area contributed by atoms with Gasteiger partial charge in [-0.2, -0.15) is 5.10 Å². The van der Waals surface area contributed by atoms with E-state index in [1.807, 2.05) is 17.9 Å². The van der Waals surface area contributed by atoms with Gasteiger partial charge in [0.05, 0.1) is 0 Å². The van der Waals surface area contributed by atoms with E-state index in [1.165, 1.54) is 44.2 Å². The third kappa shape index (κ3) is 6.47. The first-order chi connectivity index (χ1) is 8.34. The molecule has 1 N–H and O–H groups in total. The summed E-state index contributed by atoms with van der Waals surface area (Å²) < 4.78 is 1.95. The smallest absolute Gasteiger partial charge is 0.0492 e. The number of nitrogens with zero attached hydrogens (tertiary/aromatic N) is 2. The van der Waals surface area contributed by atoms with Gasteiger partial charge in [0.15, 0.2) is 0 Å². The van der Waals surface area contributed by atoms with Crippen molar-refractivity contribution >= 4 is 0 Å². The number of rotatable bonds is 10. The summed E-state index contributed by atoms with van der Waals surface area (Å²) in [6.45, 7) is 4.48. The van der Waals surface area contributed by atoms with Crippen molar-refractivity contribution in [1.29, 1.82) is 0 Å². The first kappa shape index (κ1) is 14.2. The van der Waals surface area contributed by atoms with Crippen LogP contribution in [0.4, 0.5) is 0 Å². The molecular weight excluding hydrogens is 210 g/mol. The second-order valence-electron chi connectivity index (χ2n) is 4.71. The molecule has 1 aromatic heterocycles. The van der Waals surface area contributed by atoms with Crippen molar-refractivity contribution in [2.45, 2.75) is 51.9 Å². The van der Waals surface area contributed by atoms with E-state index < -0.39 is 0 Å². The van der Waals surface area contributed by atoms with Crippen LogP contribution in [0.1, 0.15) is 51.1 Å². The van der Waals surface area contributed by atoms with E-state index >= 15 is 0 Å². The average Bonchev–Trinajstić information content (AvgIpc) is 2.73. The highest BCUT2D eigenvalue weighted by Gasteiger charge is 1.97. The van der Waals surface area contributed by atoms with Crippen LogP contribution in [0.2, 0.25) is 0 Å². The van der Waals surface area contributed by atoms with Crippen LogP contribution < -0.4 is 5.32 Å². The number of hydrogen-bond acceptors (Lipinski definition) is 2. The highest BCUT2D eigenvalue weighted by atomic mass is 15.3. The molecule has 0 saturated heterocycles. The van der Waals surface area contributed by atoms with E-state index in [0.717, 1.165) is 19.5 Å². The molecule has 0 amide bonds. The Hall–Kier alpha value is -0.830. The van der Waals surface area contributed by atoms with Gasteiger partial charge in [-0.05, 0) is 19.0 Å². The molecule has 98 valence electrons. The Morgan fingerprint density at radius 1 is 1.12 bits per heavy atom. The maximum Gasteiger partial charge on any atom is 0.0492 e. The van der Waals surface area contributed by atoms with Gasteiger partial charge in [0.2, 0.25) is 0 Å². The molecule has 0 radical (unpaired) electrons. The van der Waals surface area contributed by atoms with Gasteiger partial charge in [0, 0.05) is 31.9 Å². The fourth-order valence-corrected chi connectivity index (χ4v) is 2.02. The molecule has 3 heteroatoms. The molecule has 0 aliphatic carbocycles. The summed E-state index contributed by atoms with van der Waals surface area (Å²) in [5, 5.41) is 7.66. The summed E-state index contributed by atoms with van der Waals surface area (Å²) in [6, 6.07) is 2.09. The third-order valence-electron chi connectivity index (χ3n) is 3.19. The fourth-order valence-electron chi connectivity index (χ4n) is 2.02. The Bertz CT molecular complexity index is 281. The van der Waals surface area contributed by atoms with Crippen molar-refractivity contribution in [3.63, 3.8) is 0 Å². The Morgan fingerprint density at radius 2 is 1.88 bits per heavy atom. The second-order valence-corrected chi connectivity index (χ2v) is 4.71. The maximum atomic E-state index is 4.16. The highest BCUT2D eigenvalue weighted by molar-refractivity contribution is 5.00. The quantitative estimate of drug-likeness (QED) is 0.634. The van der Waals surface area contributed by atoms with Crippen LogP contribution in [0, 0.1) is 0 Å². The molecule has 0 bridgehead atoms. The molecule has 0 aliphatic rings. The fraction of sp³-hybridized carbons (Fsp3) is 0.786. The van der Waals surface area contributed by atoms with Crippen LogP contribution in [0.25, 0.3) is 0 Å². The van der Waals surface area contributed by atoms with Gasteiger partial charge in [-0.15, -0.1) is 0 Å². The molecule has 17 heavy (non-hydrogen) atoms. The molecule has 1 heterocycles. The maximum absolute atomic E-state index is 4.16. The molecular formula is C14H27N3. The van der Waals surface area contributed by atoms with Gasteiger partial charge in [-0.1, -0.05) is 39.0 Å². The number of aromatic nitrogens is 2. The Kier molecular flexibility index (Phi) is 7.72. The minimum atomic E-state index is 1.06. The standard InChI is InChI=1S/C14H27N3/c1-3-4-5-6-7-8-11-15-12-9-14-10-13-16-17(14)2/h10,13,15H,3-9,11-12H2,1-2H3. The molecule has 3 nitrogen and oxygen atoms in total. The SMILES string of the molecule is CCCCCCCCNCCc1ccnn1C. The zero-order valence-corrected chi connectivity index (χ0v) is 11.4. The predicted molar refractivity (Wildman–Crippen MR) is 73.2 cm³/mol. The lowest BCUT2D eigenvalue weighted by molar-refractivity contribution is 0.567. The van der Waals surface area contributed by atoms with Crippen LogP contribution in [0.15, 0.2) is 12.3 Å². The summed E-state index contributed by atoms with van der Waals surface area (Å²) in [5.74, 6) is 0. The number of nitrogens with one attached hydrogen (secondary N) is 1. The van der Waals surface area contributed by atoms with Gasteiger partial charge in [0.1, 0.15) is 0 Å². The summed E-state index contributed by atoms with van der Waals surface area (Å²) in [4.78, 5) is 0. The van der Waals surface area contributed by atoms with Crippen LogP contribution in [0.3, 0.4) is 0 Å². The predicted octanol–water partition coefficient (Wildman–Crippen LogP) is 2.91. The van der Waals surface area contributed by atoms with Gasteiger partial charge < -0.3 is 5.32 Å². The van der Waals surface area contributed by atoms with Crippen molar-refractivity contribution < 1.29 is 0 Å². The van der Waals surface area contributed by atoms with Crippen molar-refractivity contribution in [3.8, 4) is 0 Å². The lowest BCUT2D eigenvalue weighted by Gasteiger charge is -2.05. The van der Waals surface area contributed by atoms with E-state index in [4.69, 9.17) is 0 Å². The van der Waals surface area contributed by atoms with Crippen molar-refractivity contribution in [2.75, 3.05) is 13.1 Å². The van der Waals surface area contributed by atoms with Crippen LogP contribution >= 0.6 is 0 Å². The zero-order chi connectivity index (χ0) is 12.3. The lowest BCUT2D eigenvalue weighted by Crippen LogP contribution is -2.19. The lowest BCUT2D eigenvalue weighted by atomic mass is 10.1. The van der Waals surface area contributed by atoms with Gasteiger partial charge in [-0.3, -0.25) is 4.68 Å². The average molecular weight is 237 g/mol. The Labute approximate surface area is 106 Å². The molecule has 0 unspecified atom stereocenters. The molecule has 1 aromatic rings. The Morgan fingerprint density at radius 3 is 2.59 bits per heavy atom. The van der Waals surface area contributed by atoms with Gasteiger partial charge in [0.25, 0.3) is 0 Å². The van der Waals surface area contributed by atoms with Crippen LogP contribution in [-0.2, 0) is 13.5 Å². The molecule has 0 spiro atoms. The van der Waals surface area contributed by atoms with Crippen molar-refractivity contribution in [3.05, 3.63) is 18.0 Å². The summed E-state index contributed by atoms with van der Waals surface area (Å²) in [7, 11) is 2.00. The van der Waals surface area contributed by atoms with Gasteiger partial charge in [-0.25, -0.2) is 0 Å². The van der Waals surface area contributed by atoms with E-state index in [-0.39, 0.29) is 0 Å². The molecule has 0 aromatic carbocycles. The monoisotopic (exact) mass is 237 g/mol. The highest BCUT2D eigenvalue weighted by Crippen LogP contribution is 2.04. The van der Waals surface area contributed by atoms with Crippen molar-refractivity contribution in [1.82, 2.24) is 15.1 Å². The number of hydrogen-bond donors (Lipinski definition) is 1. The minimum absolute atomic E-state index is 1.06. The molecule has 0 aliphatic heterocycles. The summed E-state index contributed by atoms with van der Waals surface area (Å²) >= 11 is 0. The summed E-state index contributed by atoms with van der Waals surface area (Å²) in [6.07, 6.45) is 11.2. The molecule has 0 saturated carbocycles. The second kappa shape index (κ2) is 9.23.